The highest BCUT2D eigenvalue weighted by Crippen LogP contribution is 2.21. The minimum Gasteiger partial charge on any atom is -0.349 e. The Morgan fingerprint density at radius 1 is 1.12 bits per heavy atom. The standard InChI is InChI=1S/C23H21N7O2S/c1-16-19(33-23(27-16)28-10-5-6-11-28)21(31)24-9-12-30-20-18(13-26-30)22(32)29(15-25-20)14-17-7-3-2-4-8-17/h2-8,10-11,13,15H,9,12,14H2,1H3,(H,24,31). The van der Waals surface area contributed by atoms with Crippen LogP contribution in [-0.2, 0) is 13.1 Å². The molecular weight excluding hydrogens is 438 g/mol. The van der Waals surface area contributed by atoms with Crippen LogP contribution in [0.2, 0.25) is 0 Å². The van der Waals surface area contributed by atoms with E-state index in [1.54, 1.807) is 9.25 Å². The summed E-state index contributed by atoms with van der Waals surface area (Å²) in [5, 5.41) is 8.42. The summed E-state index contributed by atoms with van der Waals surface area (Å²) in [6.45, 7) is 3.01. The molecule has 166 valence electrons. The average Bonchev–Trinajstić information content (AvgIpc) is 3.57. The first kappa shape index (κ1) is 20.8. The van der Waals surface area contributed by atoms with Crippen molar-refractivity contribution in [3.63, 3.8) is 0 Å². The summed E-state index contributed by atoms with van der Waals surface area (Å²) in [5.74, 6) is -0.182. The van der Waals surface area contributed by atoms with E-state index in [9.17, 15) is 9.59 Å². The topological polar surface area (TPSA) is 99.6 Å². The molecule has 0 atom stereocenters. The second-order valence-electron chi connectivity index (χ2n) is 7.53. The lowest BCUT2D eigenvalue weighted by Crippen LogP contribution is -2.27. The van der Waals surface area contributed by atoms with E-state index in [4.69, 9.17) is 0 Å². The molecule has 0 fully saturated rings. The van der Waals surface area contributed by atoms with Crippen molar-refractivity contribution >= 4 is 28.3 Å². The van der Waals surface area contributed by atoms with Crippen molar-refractivity contribution in [1.29, 1.82) is 0 Å². The second-order valence-corrected chi connectivity index (χ2v) is 8.50. The third kappa shape index (κ3) is 4.20. The third-order valence-electron chi connectivity index (χ3n) is 5.24. The monoisotopic (exact) mass is 459 g/mol. The van der Waals surface area contributed by atoms with Crippen LogP contribution in [-0.4, -0.2) is 41.3 Å². The Morgan fingerprint density at radius 2 is 1.91 bits per heavy atom. The Hall–Kier alpha value is -4.05. The van der Waals surface area contributed by atoms with E-state index in [2.05, 4.69) is 20.4 Å². The fraction of sp³-hybridized carbons (Fsp3) is 0.174. The molecule has 9 nitrogen and oxygen atoms in total. The summed E-state index contributed by atoms with van der Waals surface area (Å²) < 4.78 is 5.08. The van der Waals surface area contributed by atoms with E-state index < -0.39 is 0 Å². The molecule has 4 aromatic heterocycles. The summed E-state index contributed by atoms with van der Waals surface area (Å²) in [6, 6.07) is 13.6. The largest absolute Gasteiger partial charge is 0.349 e. The minimum absolute atomic E-state index is 0.142. The first-order chi connectivity index (χ1) is 16.1. The van der Waals surface area contributed by atoms with Crippen LogP contribution < -0.4 is 10.9 Å². The van der Waals surface area contributed by atoms with E-state index >= 15 is 0 Å². The number of rotatable bonds is 7. The molecule has 1 aromatic carbocycles. The van der Waals surface area contributed by atoms with Gasteiger partial charge in [0, 0.05) is 18.9 Å². The van der Waals surface area contributed by atoms with Crippen molar-refractivity contribution in [2.45, 2.75) is 20.0 Å². The first-order valence-electron chi connectivity index (χ1n) is 10.4. The van der Waals surface area contributed by atoms with E-state index in [0.29, 0.717) is 41.2 Å². The van der Waals surface area contributed by atoms with Crippen molar-refractivity contribution in [2.75, 3.05) is 6.54 Å². The normalized spacial score (nSPS) is 11.2. The lowest BCUT2D eigenvalue weighted by Gasteiger charge is -2.07. The fourth-order valence-corrected chi connectivity index (χ4v) is 4.53. The van der Waals surface area contributed by atoms with Crippen molar-refractivity contribution in [3.05, 3.63) is 93.9 Å². The molecule has 0 aliphatic carbocycles. The molecule has 0 aliphatic heterocycles. The molecule has 10 heteroatoms. The summed E-state index contributed by atoms with van der Waals surface area (Å²) in [7, 11) is 0. The number of nitrogens with zero attached hydrogens (tertiary/aromatic N) is 6. The van der Waals surface area contributed by atoms with Gasteiger partial charge >= 0.3 is 0 Å². The second kappa shape index (κ2) is 8.83. The number of thiazole rings is 1. The van der Waals surface area contributed by atoms with Gasteiger partial charge in [0.15, 0.2) is 10.8 Å². The van der Waals surface area contributed by atoms with Gasteiger partial charge in [-0.3, -0.25) is 14.2 Å². The number of nitrogens with one attached hydrogen (secondary N) is 1. The zero-order valence-electron chi connectivity index (χ0n) is 17.9. The molecule has 5 aromatic rings. The maximum Gasteiger partial charge on any atom is 0.264 e. The molecule has 0 saturated carbocycles. The number of aryl methyl sites for hydroxylation is 1. The van der Waals surface area contributed by atoms with Crippen molar-refractivity contribution in [1.82, 2.24) is 34.2 Å². The summed E-state index contributed by atoms with van der Waals surface area (Å²) in [6.07, 6.45) is 6.86. The molecule has 1 N–H and O–H groups in total. The number of carbonyl (C=O) groups excluding carboxylic acids is 1. The molecule has 0 unspecified atom stereocenters. The summed E-state index contributed by atoms with van der Waals surface area (Å²) in [5.41, 5.74) is 2.07. The molecule has 0 aliphatic rings. The molecular formula is C23H21N7O2S. The van der Waals surface area contributed by atoms with Crippen LogP contribution in [0.15, 0.2) is 72.2 Å². The van der Waals surface area contributed by atoms with Gasteiger partial charge in [-0.15, -0.1) is 0 Å². The molecule has 1 amide bonds. The van der Waals surface area contributed by atoms with E-state index in [1.807, 2.05) is 66.3 Å². The van der Waals surface area contributed by atoms with Gasteiger partial charge in [-0.25, -0.2) is 14.6 Å². The van der Waals surface area contributed by atoms with E-state index in [0.717, 1.165) is 10.7 Å². The quantitative estimate of drug-likeness (QED) is 0.403. The Balaban J connectivity index is 1.26. The molecule has 5 rings (SSSR count). The van der Waals surface area contributed by atoms with Gasteiger partial charge in [0.25, 0.3) is 11.5 Å². The van der Waals surface area contributed by atoms with Crippen LogP contribution in [0, 0.1) is 6.92 Å². The van der Waals surface area contributed by atoms with Gasteiger partial charge < -0.3 is 9.88 Å². The predicted molar refractivity (Wildman–Crippen MR) is 126 cm³/mol. The van der Waals surface area contributed by atoms with Gasteiger partial charge in [0.2, 0.25) is 0 Å². The van der Waals surface area contributed by atoms with E-state index in [-0.39, 0.29) is 11.5 Å². The van der Waals surface area contributed by atoms with Crippen LogP contribution >= 0.6 is 11.3 Å². The number of benzene rings is 1. The Morgan fingerprint density at radius 3 is 2.70 bits per heavy atom. The van der Waals surface area contributed by atoms with Crippen molar-refractivity contribution in [3.8, 4) is 5.13 Å². The van der Waals surface area contributed by atoms with Gasteiger partial charge in [0.05, 0.1) is 25.0 Å². The highest BCUT2D eigenvalue weighted by molar-refractivity contribution is 7.16. The van der Waals surface area contributed by atoms with Crippen LogP contribution in [0.4, 0.5) is 0 Å². The maximum absolute atomic E-state index is 12.8. The number of aromatic nitrogens is 6. The lowest BCUT2D eigenvalue weighted by atomic mass is 10.2. The average molecular weight is 460 g/mol. The van der Waals surface area contributed by atoms with Gasteiger partial charge in [-0.1, -0.05) is 41.7 Å². The molecule has 0 saturated heterocycles. The van der Waals surface area contributed by atoms with Crippen LogP contribution in [0.5, 0.6) is 0 Å². The van der Waals surface area contributed by atoms with Crippen molar-refractivity contribution < 1.29 is 4.79 Å². The smallest absolute Gasteiger partial charge is 0.264 e. The highest BCUT2D eigenvalue weighted by Gasteiger charge is 2.16. The molecule has 0 radical (unpaired) electrons. The Bertz CT molecular complexity index is 1470. The van der Waals surface area contributed by atoms with Gasteiger partial charge in [-0.05, 0) is 24.6 Å². The number of amides is 1. The minimum atomic E-state index is -0.182. The highest BCUT2D eigenvalue weighted by atomic mass is 32.1. The van der Waals surface area contributed by atoms with E-state index in [1.165, 1.54) is 23.9 Å². The molecule has 0 spiro atoms. The summed E-state index contributed by atoms with van der Waals surface area (Å²) >= 11 is 1.34. The van der Waals surface area contributed by atoms with Crippen LogP contribution in [0.25, 0.3) is 16.2 Å². The fourth-order valence-electron chi connectivity index (χ4n) is 3.57. The van der Waals surface area contributed by atoms with Crippen LogP contribution in [0.3, 0.4) is 0 Å². The Labute approximate surface area is 193 Å². The Kier molecular flexibility index (Phi) is 5.57. The van der Waals surface area contributed by atoms with Crippen molar-refractivity contribution in [2.24, 2.45) is 0 Å². The molecule has 33 heavy (non-hydrogen) atoms. The number of hydrogen-bond donors (Lipinski definition) is 1. The zero-order valence-corrected chi connectivity index (χ0v) is 18.7. The third-order valence-corrected chi connectivity index (χ3v) is 6.41. The lowest BCUT2D eigenvalue weighted by molar-refractivity contribution is 0.0955. The zero-order chi connectivity index (χ0) is 22.8. The number of carbonyl (C=O) groups is 1. The predicted octanol–water partition coefficient (Wildman–Crippen LogP) is 2.63. The number of fused-ring (bicyclic) bond motifs is 1. The maximum atomic E-state index is 12.8. The molecule has 0 bridgehead atoms. The van der Waals surface area contributed by atoms with Crippen LogP contribution in [0.1, 0.15) is 20.9 Å². The molecule has 4 heterocycles. The SMILES string of the molecule is Cc1nc(-n2cccc2)sc1C(=O)NCCn1ncc2c(=O)n(Cc3ccccc3)cnc21. The van der Waals surface area contributed by atoms with Gasteiger partial charge in [-0.2, -0.15) is 5.10 Å². The number of hydrogen-bond acceptors (Lipinski definition) is 6. The summed E-state index contributed by atoms with van der Waals surface area (Å²) in [4.78, 5) is 35.0. The van der Waals surface area contributed by atoms with Gasteiger partial charge in [0.1, 0.15) is 16.6 Å². The first-order valence-corrected chi connectivity index (χ1v) is 11.3.